The molecule has 0 heterocycles. The van der Waals surface area contributed by atoms with Gasteiger partial charge in [0.25, 0.3) is 0 Å². The van der Waals surface area contributed by atoms with E-state index in [0.29, 0.717) is 32.3 Å². The van der Waals surface area contributed by atoms with Crippen LogP contribution in [0.15, 0.2) is 24.3 Å². The molecule has 0 aliphatic heterocycles. The quantitative estimate of drug-likeness (QED) is 0.809. The number of carbonyl (C=O) groups is 1. The van der Waals surface area contributed by atoms with Crippen LogP contribution in [0, 0.1) is 5.92 Å². The zero-order valence-electron chi connectivity index (χ0n) is 13.8. The third-order valence-electron chi connectivity index (χ3n) is 4.74. The number of aryl methyl sites for hydroxylation is 1. The van der Waals surface area contributed by atoms with Gasteiger partial charge in [0, 0.05) is 0 Å². The number of carbonyl (C=O) groups excluding carboxylic acids is 1. The highest BCUT2D eigenvalue weighted by Gasteiger charge is 2.37. The van der Waals surface area contributed by atoms with E-state index in [1.54, 1.807) is 0 Å². The van der Waals surface area contributed by atoms with Crippen LogP contribution >= 0.6 is 0 Å². The van der Waals surface area contributed by atoms with Crippen molar-refractivity contribution in [3.63, 3.8) is 0 Å². The first-order chi connectivity index (χ1) is 10.6. The van der Waals surface area contributed by atoms with Gasteiger partial charge in [-0.15, -0.1) is 0 Å². The van der Waals surface area contributed by atoms with Gasteiger partial charge in [-0.25, -0.2) is 0 Å². The zero-order valence-corrected chi connectivity index (χ0v) is 13.8. The molecule has 0 amide bonds. The summed E-state index contributed by atoms with van der Waals surface area (Å²) in [6.45, 7) is 4.45. The number of benzene rings is 1. The lowest BCUT2D eigenvalue weighted by Gasteiger charge is -2.35. The Bertz CT molecular complexity index is 470. The van der Waals surface area contributed by atoms with Crippen molar-refractivity contribution in [2.45, 2.75) is 64.4 Å². The minimum atomic E-state index is -0.785. The second-order valence-corrected chi connectivity index (χ2v) is 6.36. The smallest absolute Gasteiger partial charge is 0.308 e. The van der Waals surface area contributed by atoms with Crippen LogP contribution in [0.5, 0.6) is 0 Å². The molecule has 122 valence electrons. The predicted octanol–water partition coefficient (Wildman–Crippen LogP) is 3.97. The normalized spacial score (nSPS) is 25.0. The Balaban J connectivity index is 1.96. The molecule has 3 heteroatoms. The van der Waals surface area contributed by atoms with Gasteiger partial charge < -0.3 is 9.84 Å². The summed E-state index contributed by atoms with van der Waals surface area (Å²) in [7, 11) is 0. The van der Waals surface area contributed by atoms with Crippen LogP contribution in [-0.2, 0) is 21.6 Å². The summed E-state index contributed by atoms with van der Waals surface area (Å²) in [5.74, 6) is -0.163. The van der Waals surface area contributed by atoms with E-state index in [0.717, 1.165) is 12.0 Å². The zero-order chi connectivity index (χ0) is 16.0. The van der Waals surface area contributed by atoms with Crippen LogP contribution in [-0.4, -0.2) is 17.7 Å². The topological polar surface area (TPSA) is 46.5 Å². The van der Waals surface area contributed by atoms with Crippen LogP contribution in [0.4, 0.5) is 0 Å². The van der Waals surface area contributed by atoms with Gasteiger partial charge in [-0.2, -0.15) is 0 Å². The molecule has 0 aromatic heterocycles. The Labute approximate surface area is 133 Å². The molecular formula is C19H28O3. The summed E-state index contributed by atoms with van der Waals surface area (Å²) < 4.78 is 5.09. The summed E-state index contributed by atoms with van der Waals surface area (Å²) in [5.41, 5.74) is 1.52. The van der Waals surface area contributed by atoms with Crippen molar-refractivity contribution in [2.24, 2.45) is 5.92 Å². The van der Waals surface area contributed by atoms with E-state index in [2.05, 4.69) is 31.2 Å². The second-order valence-electron chi connectivity index (χ2n) is 6.36. The predicted molar refractivity (Wildman–Crippen MR) is 87.5 cm³/mol. The lowest BCUT2D eigenvalue weighted by molar-refractivity contribution is -0.151. The summed E-state index contributed by atoms with van der Waals surface area (Å²) in [6, 6.07) is 8.35. The lowest BCUT2D eigenvalue weighted by atomic mass is 9.75. The number of hydrogen-bond acceptors (Lipinski definition) is 3. The van der Waals surface area contributed by atoms with Crippen molar-refractivity contribution in [1.29, 1.82) is 0 Å². The molecule has 3 nitrogen and oxygen atoms in total. The van der Waals surface area contributed by atoms with Crippen molar-refractivity contribution in [3.05, 3.63) is 35.4 Å². The maximum Gasteiger partial charge on any atom is 0.308 e. The molecule has 0 radical (unpaired) electrons. The standard InChI is InChI=1S/C19H28O3/c1-3-5-6-15-7-9-17(10-8-15)19(21)13-11-16(12-14-19)18(20)22-4-2/h7-10,16,21H,3-6,11-14H2,1-2H3. The van der Waals surface area contributed by atoms with E-state index in [4.69, 9.17) is 4.74 Å². The number of hydrogen-bond donors (Lipinski definition) is 1. The van der Waals surface area contributed by atoms with Gasteiger partial charge in [0.1, 0.15) is 0 Å². The molecule has 1 N–H and O–H groups in total. The largest absolute Gasteiger partial charge is 0.466 e. The molecule has 1 aromatic carbocycles. The van der Waals surface area contributed by atoms with Gasteiger partial charge >= 0.3 is 5.97 Å². The molecule has 0 atom stereocenters. The first-order valence-electron chi connectivity index (χ1n) is 8.57. The maximum atomic E-state index is 11.8. The highest BCUT2D eigenvalue weighted by molar-refractivity contribution is 5.72. The van der Waals surface area contributed by atoms with Gasteiger partial charge in [-0.1, -0.05) is 37.6 Å². The molecule has 0 spiro atoms. The summed E-state index contributed by atoms with van der Waals surface area (Å²) in [4.78, 5) is 11.8. The number of esters is 1. The molecule has 22 heavy (non-hydrogen) atoms. The van der Waals surface area contributed by atoms with Crippen LogP contribution in [0.2, 0.25) is 0 Å². The minimum absolute atomic E-state index is 0.0518. The first kappa shape index (κ1) is 17.0. The van der Waals surface area contributed by atoms with Crippen molar-refractivity contribution in [3.8, 4) is 0 Å². The monoisotopic (exact) mass is 304 g/mol. The van der Waals surface area contributed by atoms with Gasteiger partial charge in [-0.3, -0.25) is 4.79 Å². The second kappa shape index (κ2) is 7.77. The molecule has 0 bridgehead atoms. The Hall–Kier alpha value is -1.35. The van der Waals surface area contributed by atoms with Crippen LogP contribution in [0.3, 0.4) is 0 Å². The average molecular weight is 304 g/mol. The molecule has 1 aromatic rings. The Morgan fingerprint density at radius 3 is 2.41 bits per heavy atom. The summed E-state index contributed by atoms with van der Waals surface area (Å²) >= 11 is 0. The van der Waals surface area contributed by atoms with E-state index in [1.807, 2.05) is 6.92 Å². The Kier molecular flexibility index (Phi) is 6.01. The molecule has 0 unspecified atom stereocenters. The van der Waals surface area contributed by atoms with E-state index in [1.165, 1.54) is 18.4 Å². The minimum Gasteiger partial charge on any atom is -0.466 e. The average Bonchev–Trinajstić information content (AvgIpc) is 2.54. The molecule has 1 aliphatic carbocycles. The highest BCUT2D eigenvalue weighted by atomic mass is 16.5. The lowest BCUT2D eigenvalue weighted by Crippen LogP contribution is -2.34. The summed E-state index contributed by atoms with van der Waals surface area (Å²) in [5, 5.41) is 10.9. The van der Waals surface area contributed by atoms with E-state index >= 15 is 0 Å². The molecule has 2 rings (SSSR count). The van der Waals surface area contributed by atoms with Crippen LogP contribution < -0.4 is 0 Å². The fourth-order valence-electron chi connectivity index (χ4n) is 3.24. The number of rotatable bonds is 6. The number of unbranched alkanes of at least 4 members (excludes halogenated alkanes) is 1. The van der Waals surface area contributed by atoms with Gasteiger partial charge in [-0.05, 0) is 56.6 Å². The van der Waals surface area contributed by atoms with E-state index in [9.17, 15) is 9.90 Å². The van der Waals surface area contributed by atoms with Crippen molar-refractivity contribution >= 4 is 5.97 Å². The maximum absolute atomic E-state index is 11.8. The van der Waals surface area contributed by atoms with Crippen molar-refractivity contribution in [1.82, 2.24) is 0 Å². The van der Waals surface area contributed by atoms with Crippen molar-refractivity contribution in [2.75, 3.05) is 6.61 Å². The van der Waals surface area contributed by atoms with E-state index < -0.39 is 5.60 Å². The molecule has 1 saturated carbocycles. The Morgan fingerprint density at radius 1 is 1.23 bits per heavy atom. The van der Waals surface area contributed by atoms with Gasteiger partial charge in [0.05, 0.1) is 18.1 Å². The van der Waals surface area contributed by atoms with Crippen LogP contribution in [0.25, 0.3) is 0 Å². The third-order valence-corrected chi connectivity index (χ3v) is 4.74. The summed E-state index contributed by atoms with van der Waals surface area (Å²) in [6.07, 6.45) is 6.15. The first-order valence-corrected chi connectivity index (χ1v) is 8.57. The van der Waals surface area contributed by atoms with Crippen molar-refractivity contribution < 1.29 is 14.6 Å². The molecular weight excluding hydrogens is 276 g/mol. The van der Waals surface area contributed by atoms with Gasteiger partial charge in [0.2, 0.25) is 0 Å². The van der Waals surface area contributed by atoms with Crippen LogP contribution in [0.1, 0.15) is 63.5 Å². The number of aliphatic hydroxyl groups is 1. The SMILES string of the molecule is CCCCc1ccc(C2(O)CCC(C(=O)OCC)CC2)cc1. The fraction of sp³-hybridized carbons (Fsp3) is 0.632. The van der Waals surface area contributed by atoms with E-state index in [-0.39, 0.29) is 11.9 Å². The number of ether oxygens (including phenoxy) is 1. The third kappa shape index (κ3) is 4.10. The molecule has 1 aliphatic rings. The highest BCUT2D eigenvalue weighted by Crippen LogP contribution is 2.39. The Morgan fingerprint density at radius 2 is 1.86 bits per heavy atom. The molecule has 0 saturated heterocycles. The van der Waals surface area contributed by atoms with Gasteiger partial charge in [0.15, 0.2) is 0 Å². The fourth-order valence-corrected chi connectivity index (χ4v) is 3.24. The molecule has 1 fully saturated rings.